The molecule has 1 aromatic carbocycles. The van der Waals surface area contributed by atoms with Crippen LogP contribution in [-0.4, -0.2) is 23.0 Å². The van der Waals surface area contributed by atoms with Gasteiger partial charge in [-0.3, -0.25) is 9.59 Å². The Labute approximate surface area is 139 Å². The molecule has 5 nitrogen and oxygen atoms in total. The minimum Gasteiger partial charge on any atom is -0.272 e. The third-order valence-electron chi connectivity index (χ3n) is 6.00. The van der Waals surface area contributed by atoms with E-state index in [1.165, 1.54) is 6.21 Å². The third-order valence-corrected chi connectivity index (χ3v) is 6.00. The second-order valence-corrected chi connectivity index (χ2v) is 7.12. The van der Waals surface area contributed by atoms with E-state index in [2.05, 4.69) is 23.3 Å². The summed E-state index contributed by atoms with van der Waals surface area (Å²) in [5.41, 5.74) is 1.32. The summed E-state index contributed by atoms with van der Waals surface area (Å²) < 4.78 is 0. The number of nitriles is 1. The molecule has 1 heterocycles. The highest BCUT2D eigenvalue weighted by molar-refractivity contribution is 6.06. The van der Waals surface area contributed by atoms with Crippen molar-refractivity contribution >= 4 is 18.0 Å². The van der Waals surface area contributed by atoms with Gasteiger partial charge in [-0.1, -0.05) is 24.3 Å². The van der Waals surface area contributed by atoms with Gasteiger partial charge in [0.1, 0.15) is 0 Å². The highest BCUT2D eigenvalue weighted by atomic mass is 16.2. The molecule has 2 saturated carbocycles. The van der Waals surface area contributed by atoms with Crippen molar-refractivity contribution in [1.29, 1.82) is 5.26 Å². The maximum atomic E-state index is 12.7. The van der Waals surface area contributed by atoms with Gasteiger partial charge >= 0.3 is 0 Å². The largest absolute Gasteiger partial charge is 0.272 e. The number of allylic oxidation sites excluding steroid dienone is 2. The molecule has 6 atom stereocenters. The summed E-state index contributed by atoms with van der Waals surface area (Å²) >= 11 is 0. The molecule has 0 spiro atoms. The lowest BCUT2D eigenvalue weighted by Crippen LogP contribution is -2.40. The molecule has 1 aliphatic heterocycles. The number of amides is 2. The quantitative estimate of drug-likeness (QED) is 0.475. The zero-order valence-corrected chi connectivity index (χ0v) is 12.9. The van der Waals surface area contributed by atoms with Crippen LogP contribution >= 0.6 is 0 Å². The van der Waals surface area contributed by atoms with Crippen molar-refractivity contribution in [2.45, 2.75) is 6.42 Å². The average Bonchev–Trinajstić information content (AvgIpc) is 3.39. The van der Waals surface area contributed by atoms with E-state index >= 15 is 0 Å². The average molecular weight is 317 g/mol. The minimum absolute atomic E-state index is 0.153. The van der Waals surface area contributed by atoms with Crippen LogP contribution < -0.4 is 0 Å². The molecule has 0 unspecified atom stereocenters. The Hall–Kier alpha value is -2.74. The molecule has 2 amide bonds. The molecule has 4 aliphatic carbocycles. The number of hydrazone groups is 1. The van der Waals surface area contributed by atoms with Crippen LogP contribution in [0.25, 0.3) is 0 Å². The summed E-state index contributed by atoms with van der Waals surface area (Å²) in [5.74, 6) is 0.900. The number of rotatable bonds is 2. The van der Waals surface area contributed by atoms with E-state index in [9.17, 15) is 9.59 Å². The Morgan fingerprint density at radius 3 is 2.17 bits per heavy atom. The van der Waals surface area contributed by atoms with E-state index in [4.69, 9.17) is 5.26 Å². The van der Waals surface area contributed by atoms with Crippen LogP contribution in [0.2, 0.25) is 0 Å². The third kappa shape index (κ3) is 1.71. The maximum absolute atomic E-state index is 12.7. The van der Waals surface area contributed by atoms with E-state index < -0.39 is 0 Å². The van der Waals surface area contributed by atoms with Gasteiger partial charge < -0.3 is 0 Å². The van der Waals surface area contributed by atoms with Gasteiger partial charge in [0, 0.05) is 0 Å². The van der Waals surface area contributed by atoms with Gasteiger partial charge in [-0.25, -0.2) is 0 Å². The number of hydrogen-bond donors (Lipinski definition) is 0. The zero-order valence-electron chi connectivity index (χ0n) is 12.9. The highest BCUT2D eigenvalue weighted by Gasteiger charge is 2.67. The first kappa shape index (κ1) is 13.7. The topological polar surface area (TPSA) is 73.5 Å². The first-order chi connectivity index (χ1) is 11.7. The standard InChI is InChI=1S/C19H15N3O2/c20-8-10-1-3-11(4-2-10)9-21-22-18(23)16-12-5-6-13(15-7-14(12)15)17(16)19(22)24/h1-6,9,12-17H,7H2/t12-,13-,14-,15-,16-,17+/m0/s1. The lowest BCUT2D eigenvalue weighted by molar-refractivity contribution is -0.140. The highest BCUT2D eigenvalue weighted by Crippen LogP contribution is 2.65. The van der Waals surface area contributed by atoms with E-state index in [1.54, 1.807) is 24.3 Å². The first-order valence-electron chi connectivity index (χ1n) is 8.29. The van der Waals surface area contributed by atoms with Crippen molar-refractivity contribution < 1.29 is 9.59 Å². The van der Waals surface area contributed by atoms with Crippen LogP contribution in [0.5, 0.6) is 0 Å². The normalized spacial score (nSPS) is 38.4. The number of imide groups is 1. The Kier molecular flexibility index (Phi) is 2.64. The molecule has 24 heavy (non-hydrogen) atoms. The van der Waals surface area contributed by atoms with Gasteiger partial charge in [-0.2, -0.15) is 15.4 Å². The van der Waals surface area contributed by atoms with Crippen LogP contribution in [-0.2, 0) is 9.59 Å². The van der Waals surface area contributed by atoms with Gasteiger partial charge in [-0.15, -0.1) is 0 Å². The molecular formula is C19H15N3O2. The van der Waals surface area contributed by atoms with Gasteiger partial charge in [-0.05, 0) is 47.8 Å². The van der Waals surface area contributed by atoms with E-state index in [-0.39, 0.29) is 35.5 Å². The van der Waals surface area contributed by atoms with Gasteiger partial charge in [0.2, 0.25) is 0 Å². The van der Waals surface area contributed by atoms with E-state index in [1.807, 2.05) is 0 Å². The molecule has 0 aromatic heterocycles. The maximum Gasteiger partial charge on any atom is 0.254 e. The van der Waals surface area contributed by atoms with Crippen LogP contribution in [0.3, 0.4) is 0 Å². The van der Waals surface area contributed by atoms with Crippen LogP contribution in [0.1, 0.15) is 17.5 Å². The second kappa shape index (κ2) is 4.64. The molecule has 3 fully saturated rings. The predicted molar refractivity (Wildman–Crippen MR) is 85.3 cm³/mol. The lowest BCUT2D eigenvalue weighted by atomic mass is 9.63. The van der Waals surface area contributed by atoms with Crippen molar-refractivity contribution in [2.24, 2.45) is 40.6 Å². The molecular weight excluding hydrogens is 302 g/mol. The fourth-order valence-electron chi connectivity index (χ4n) is 4.82. The molecule has 0 N–H and O–H groups in total. The Bertz CT molecular complexity index is 812. The summed E-state index contributed by atoms with van der Waals surface area (Å²) in [6.07, 6.45) is 6.98. The Morgan fingerprint density at radius 2 is 1.62 bits per heavy atom. The summed E-state index contributed by atoms with van der Waals surface area (Å²) in [6, 6.07) is 8.93. The predicted octanol–water partition coefficient (Wildman–Crippen LogP) is 1.95. The molecule has 1 saturated heterocycles. The number of carbonyl (C=O) groups excluding carboxylic acids is 2. The van der Waals surface area contributed by atoms with Crippen molar-refractivity contribution in [1.82, 2.24) is 5.01 Å². The fraction of sp³-hybridized carbons (Fsp3) is 0.368. The number of benzene rings is 1. The lowest BCUT2D eigenvalue weighted by Gasteiger charge is -2.37. The second-order valence-electron chi connectivity index (χ2n) is 7.12. The van der Waals surface area contributed by atoms with Gasteiger partial charge in [0.15, 0.2) is 0 Å². The summed E-state index contributed by atoms with van der Waals surface area (Å²) in [6.45, 7) is 0. The van der Waals surface area contributed by atoms with Crippen molar-refractivity contribution in [2.75, 3.05) is 0 Å². The van der Waals surface area contributed by atoms with Gasteiger partial charge in [0.05, 0.1) is 29.7 Å². The molecule has 0 radical (unpaired) electrons. The SMILES string of the molecule is N#Cc1ccc(C=NN2C(=O)[C@@H]3[C@H]4C=C[C@@H]([C@@H]5C[C@@H]45)[C@@H]3C2=O)cc1. The molecule has 1 aromatic rings. The summed E-state index contributed by atoms with van der Waals surface area (Å²) in [5, 5.41) is 14.1. The summed E-state index contributed by atoms with van der Waals surface area (Å²) in [4.78, 5) is 25.5. The zero-order chi connectivity index (χ0) is 16.4. The molecule has 5 aliphatic rings. The Balaban J connectivity index is 1.42. The van der Waals surface area contributed by atoms with Crippen molar-refractivity contribution in [3.8, 4) is 6.07 Å². The minimum atomic E-state index is -0.214. The number of carbonyl (C=O) groups is 2. The fourth-order valence-corrected chi connectivity index (χ4v) is 4.82. The molecule has 118 valence electrons. The van der Waals surface area contributed by atoms with Crippen molar-refractivity contribution in [3.05, 3.63) is 47.5 Å². The number of hydrogen-bond acceptors (Lipinski definition) is 4. The monoisotopic (exact) mass is 317 g/mol. The Morgan fingerprint density at radius 1 is 1.04 bits per heavy atom. The van der Waals surface area contributed by atoms with E-state index in [0.717, 1.165) is 17.0 Å². The molecule has 2 bridgehead atoms. The van der Waals surface area contributed by atoms with Gasteiger partial charge in [0.25, 0.3) is 11.8 Å². The van der Waals surface area contributed by atoms with Crippen LogP contribution in [0, 0.1) is 46.8 Å². The summed E-state index contributed by atoms with van der Waals surface area (Å²) in [7, 11) is 0. The molecule has 6 rings (SSSR count). The molecule has 5 heteroatoms. The van der Waals surface area contributed by atoms with Crippen LogP contribution in [0.4, 0.5) is 0 Å². The number of nitrogens with zero attached hydrogens (tertiary/aromatic N) is 3. The van der Waals surface area contributed by atoms with E-state index in [0.29, 0.717) is 17.4 Å². The first-order valence-corrected chi connectivity index (χ1v) is 8.29. The van der Waals surface area contributed by atoms with Crippen molar-refractivity contribution in [3.63, 3.8) is 0 Å². The van der Waals surface area contributed by atoms with Crippen LogP contribution in [0.15, 0.2) is 41.5 Å². The smallest absolute Gasteiger partial charge is 0.254 e.